The molecule has 6 nitrogen and oxygen atoms in total. The summed E-state index contributed by atoms with van der Waals surface area (Å²) in [5.74, 6) is -0.306. The molecule has 1 saturated carbocycles. The first-order valence-electron chi connectivity index (χ1n) is 8.77. The number of amides is 2. The number of carbonyl (C=O) groups excluding carboxylic acids is 2. The molecule has 0 saturated heterocycles. The van der Waals surface area contributed by atoms with E-state index in [0.717, 1.165) is 22.9 Å². The fourth-order valence-electron chi connectivity index (χ4n) is 3.85. The van der Waals surface area contributed by atoms with Crippen LogP contribution in [0.15, 0.2) is 51.7 Å². The molecule has 2 amide bonds. The Kier molecular flexibility index (Phi) is 3.62. The molecule has 0 atom stereocenters. The average molecular weight is 426 g/mol. The maximum atomic E-state index is 12.9. The predicted molar refractivity (Wildman–Crippen MR) is 104 cm³/mol. The van der Waals surface area contributed by atoms with Gasteiger partial charge in [-0.1, -0.05) is 15.9 Å². The average Bonchev–Trinajstić information content (AvgIpc) is 3.26. The first-order chi connectivity index (χ1) is 13.0. The molecule has 1 spiro atoms. The maximum absolute atomic E-state index is 12.9. The standard InChI is InChI=1S/C20H16BrN3O3/c21-12-1-3-14-15(7-12)20(5-6-20)10-24(19(14)26)9-18(25)23-13-2-4-17-16(8-13)22-11-27-17/h1-4,7-8,11H,5-6,9-10H2,(H,23,25). The minimum absolute atomic E-state index is 0.00687. The largest absolute Gasteiger partial charge is 0.443 e. The summed E-state index contributed by atoms with van der Waals surface area (Å²) in [6.07, 6.45) is 3.46. The minimum atomic E-state index is -0.220. The lowest BCUT2D eigenvalue weighted by Crippen LogP contribution is -2.46. The summed E-state index contributed by atoms with van der Waals surface area (Å²) in [7, 11) is 0. The monoisotopic (exact) mass is 425 g/mol. The number of rotatable bonds is 3. The summed E-state index contributed by atoms with van der Waals surface area (Å²) in [6.45, 7) is 0.623. The van der Waals surface area contributed by atoms with Crippen LogP contribution in [0.4, 0.5) is 5.69 Å². The molecule has 5 rings (SSSR count). The molecule has 0 bridgehead atoms. The summed E-state index contributed by atoms with van der Waals surface area (Å²) >= 11 is 3.50. The fraction of sp³-hybridized carbons (Fsp3) is 0.250. The molecule has 2 heterocycles. The van der Waals surface area contributed by atoms with Crippen molar-refractivity contribution in [1.29, 1.82) is 0 Å². The number of halogens is 1. The quantitative estimate of drug-likeness (QED) is 0.693. The fourth-order valence-corrected chi connectivity index (χ4v) is 4.21. The number of benzene rings is 2. The summed E-state index contributed by atoms with van der Waals surface area (Å²) in [6, 6.07) is 11.1. The Hall–Kier alpha value is -2.67. The lowest BCUT2D eigenvalue weighted by molar-refractivity contribution is -0.117. The number of oxazole rings is 1. The van der Waals surface area contributed by atoms with Gasteiger partial charge in [0.25, 0.3) is 5.91 Å². The van der Waals surface area contributed by atoms with Gasteiger partial charge in [0.05, 0.1) is 0 Å². The smallest absolute Gasteiger partial charge is 0.254 e. The predicted octanol–water partition coefficient (Wildman–Crippen LogP) is 3.72. The molecule has 0 unspecified atom stereocenters. The Labute approximate surface area is 163 Å². The van der Waals surface area contributed by atoms with Gasteiger partial charge in [0, 0.05) is 27.7 Å². The van der Waals surface area contributed by atoms with E-state index in [2.05, 4.69) is 26.2 Å². The molecule has 27 heavy (non-hydrogen) atoms. The summed E-state index contributed by atoms with van der Waals surface area (Å²) in [5, 5.41) is 2.85. The van der Waals surface area contributed by atoms with E-state index in [1.165, 1.54) is 6.39 Å². The Morgan fingerprint density at radius 1 is 1.26 bits per heavy atom. The zero-order valence-electron chi connectivity index (χ0n) is 14.4. The van der Waals surface area contributed by atoms with E-state index in [4.69, 9.17) is 4.42 Å². The second-order valence-electron chi connectivity index (χ2n) is 7.21. The zero-order valence-corrected chi connectivity index (χ0v) is 16.0. The van der Waals surface area contributed by atoms with Crippen molar-refractivity contribution in [1.82, 2.24) is 9.88 Å². The number of nitrogens with zero attached hydrogens (tertiary/aromatic N) is 2. The third-order valence-electron chi connectivity index (χ3n) is 5.37. The highest BCUT2D eigenvalue weighted by Gasteiger charge is 2.51. The van der Waals surface area contributed by atoms with Crippen LogP contribution in [0.2, 0.25) is 0 Å². The van der Waals surface area contributed by atoms with Gasteiger partial charge < -0.3 is 14.6 Å². The highest BCUT2D eigenvalue weighted by atomic mass is 79.9. The van der Waals surface area contributed by atoms with Crippen molar-refractivity contribution in [3.8, 4) is 0 Å². The highest BCUT2D eigenvalue weighted by Crippen LogP contribution is 2.52. The van der Waals surface area contributed by atoms with Crippen molar-refractivity contribution in [3.05, 3.63) is 58.4 Å². The molecule has 1 aliphatic carbocycles. The highest BCUT2D eigenvalue weighted by molar-refractivity contribution is 9.10. The van der Waals surface area contributed by atoms with E-state index in [-0.39, 0.29) is 23.8 Å². The Morgan fingerprint density at radius 2 is 2.11 bits per heavy atom. The molecule has 1 aromatic heterocycles. The molecule has 136 valence electrons. The molecular weight excluding hydrogens is 410 g/mol. The maximum Gasteiger partial charge on any atom is 0.254 e. The molecule has 0 radical (unpaired) electrons. The number of aromatic nitrogens is 1. The van der Waals surface area contributed by atoms with Gasteiger partial charge in [-0.05, 0) is 54.8 Å². The van der Waals surface area contributed by atoms with Crippen molar-refractivity contribution in [2.75, 3.05) is 18.4 Å². The third-order valence-corrected chi connectivity index (χ3v) is 5.86. The SMILES string of the molecule is O=C(CN1CC2(CC2)c2cc(Br)ccc2C1=O)Nc1ccc2ocnc2c1. The normalized spacial score (nSPS) is 17.2. The van der Waals surface area contributed by atoms with Gasteiger partial charge in [0.15, 0.2) is 12.0 Å². The topological polar surface area (TPSA) is 75.4 Å². The molecular formula is C20H16BrN3O3. The van der Waals surface area contributed by atoms with Crippen molar-refractivity contribution in [2.24, 2.45) is 0 Å². The van der Waals surface area contributed by atoms with Crippen molar-refractivity contribution >= 4 is 44.5 Å². The van der Waals surface area contributed by atoms with Gasteiger partial charge in [-0.2, -0.15) is 0 Å². The van der Waals surface area contributed by atoms with Crippen LogP contribution in [-0.2, 0) is 10.2 Å². The second-order valence-corrected chi connectivity index (χ2v) is 8.13. The summed E-state index contributed by atoms with van der Waals surface area (Å²) in [5.41, 5.74) is 3.80. The van der Waals surface area contributed by atoms with Crippen LogP contribution in [0.5, 0.6) is 0 Å². The third kappa shape index (κ3) is 2.82. The van der Waals surface area contributed by atoms with Crippen LogP contribution in [0.1, 0.15) is 28.8 Å². The van der Waals surface area contributed by atoms with Gasteiger partial charge in [-0.3, -0.25) is 9.59 Å². The number of hydrogen-bond donors (Lipinski definition) is 1. The van der Waals surface area contributed by atoms with Crippen molar-refractivity contribution in [3.63, 3.8) is 0 Å². The van der Waals surface area contributed by atoms with E-state index in [0.29, 0.717) is 28.9 Å². The number of nitrogens with one attached hydrogen (secondary N) is 1. The van der Waals surface area contributed by atoms with Crippen LogP contribution in [0, 0.1) is 0 Å². The molecule has 1 aliphatic heterocycles. The Bertz CT molecular complexity index is 1090. The van der Waals surface area contributed by atoms with Gasteiger partial charge in [-0.15, -0.1) is 0 Å². The molecule has 1 fully saturated rings. The first kappa shape index (κ1) is 16.5. The molecule has 2 aromatic carbocycles. The Balaban J connectivity index is 1.35. The van der Waals surface area contributed by atoms with E-state index < -0.39 is 0 Å². The number of anilines is 1. The van der Waals surface area contributed by atoms with Crippen LogP contribution < -0.4 is 5.32 Å². The van der Waals surface area contributed by atoms with Crippen LogP contribution in [0.3, 0.4) is 0 Å². The number of carbonyl (C=O) groups is 2. The van der Waals surface area contributed by atoms with Crippen LogP contribution >= 0.6 is 15.9 Å². The lowest BCUT2D eigenvalue weighted by atomic mass is 9.86. The first-order valence-corrected chi connectivity index (χ1v) is 9.56. The van der Waals surface area contributed by atoms with Gasteiger partial charge >= 0.3 is 0 Å². The number of hydrogen-bond acceptors (Lipinski definition) is 4. The molecule has 7 heteroatoms. The van der Waals surface area contributed by atoms with Gasteiger partial charge in [0.2, 0.25) is 5.91 Å². The molecule has 3 aromatic rings. The van der Waals surface area contributed by atoms with Crippen molar-refractivity contribution in [2.45, 2.75) is 18.3 Å². The number of fused-ring (bicyclic) bond motifs is 3. The van der Waals surface area contributed by atoms with E-state index in [1.807, 2.05) is 18.2 Å². The van der Waals surface area contributed by atoms with E-state index >= 15 is 0 Å². The molecule has 1 N–H and O–H groups in total. The minimum Gasteiger partial charge on any atom is -0.443 e. The van der Waals surface area contributed by atoms with E-state index in [1.54, 1.807) is 23.1 Å². The van der Waals surface area contributed by atoms with Gasteiger partial charge in [0.1, 0.15) is 12.1 Å². The zero-order chi connectivity index (χ0) is 18.6. The summed E-state index contributed by atoms with van der Waals surface area (Å²) in [4.78, 5) is 31.2. The second kappa shape index (κ2) is 5.92. The van der Waals surface area contributed by atoms with Crippen LogP contribution in [0.25, 0.3) is 11.1 Å². The van der Waals surface area contributed by atoms with E-state index in [9.17, 15) is 9.59 Å². The van der Waals surface area contributed by atoms with Gasteiger partial charge in [-0.25, -0.2) is 4.98 Å². The van der Waals surface area contributed by atoms with Crippen molar-refractivity contribution < 1.29 is 14.0 Å². The lowest BCUT2D eigenvalue weighted by Gasteiger charge is -2.34. The summed E-state index contributed by atoms with van der Waals surface area (Å²) < 4.78 is 6.19. The van der Waals surface area contributed by atoms with Crippen LogP contribution in [-0.4, -0.2) is 34.8 Å². The molecule has 2 aliphatic rings. The Morgan fingerprint density at radius 3 is 2.93 bits per heavy atom.